The van der Waals surface area contributed by atoms with E-state index >= 15 is 0 Å². The Morgan fingerprint density at radius 1 is 0.963 bits per heavy atom. The number of hydrogen-bond donors (Lipinski definition) is 1. The van der Waals surface area contributed by atoms with E-state index < -0.39 is 6.09 Å². The fourth-order valence-corrected chi connectivity index (χ4v) is 2.72. The third-order valence-electron chi connectivity index (χ3n) is 4.49. The van der Waals surface area contributed by atoms with Gasteiger partial charge in [0.25, 0.3) is 0 Å². The number of ether oxygens (including phenoxy) is 2. The second-order valence-corrected chi connectivity index (χ2v) is 7.48. The topological polar surface area (TPSA) is 67.9 Å². The van der Waals surface area contributed by atoms with Gasteiger partial charge in [0.05, 0.1) is 6.10 Å². The summed E-state index contributed by atoms with van der Waals surface area (Å²) in [6.45, 7) is 10.2. The molecule has 160 valence electrons. The summed E-state index contributed by atoms with van der Waals surface area (Å²) in [5, 5.41) is 2.80. The van der Waals surface area contributed by atoms with Crippen LogP contribution in [-0.4, -0.2) is 55.9 Å². The lowest BCUT2D eigenvalue weighted by molar-refractivity contribution is -0.148. The van der Waals surface area contributed by atoms with Gasteiger partial charge in [0.2, 0.25) is 0 Å². The van der Waals surface area contributed by atoms with Gasteiger partial charge in [0.15, 0.2) is 0 Å². The van der Waals surface area contributed by atoms with Crippen LogP contribution in [0.4, 0.5) is 4.79 Å². The monoisotopic (exact) mass is 386 g/mol. The lowest BCUT2D eigenvalue weighted by Gasteiger charge is -2.19. The molecular weight excluding hydrogens is 344 g/mol. The minimum atomic E-state index is -0.396. The van der Waals surface area contributed by atoms with E-state index in [9.17, 15) is 9.59 Å². The fourth-order valence-electron chi connectivity index (χ4n) is 2.72. The molecule has 1 amide bonds. The van der Waals surface area contributed by atoms with E-state index in [0.29, 0.717) is 13.0 Å². The summed E-state index contributed by atoms with van der Waals surface area (Å²) in [5.74, 6) is -0.230. The van der Waals surface area contributed by atoms with Crippen LogP contribution in [0, 0.1) is 0 Å². The van der Waals surface area contributed by atoms with Crippen LogP contribution < -0.4 is 5.32 Å². The van der Waals surface area contributed by atoms with Gasteiger partial charge in [-0.25, -0.2) is 4.79 Å². The first-order chi connectivity index (χ1) is 12.9. The number of alkyl carbamates (subject to hydrolysis) is 1. The summed E-state index contributed by atoms with van der Waals surface area (Å²) >= 11 is 0. The van der Waals surface area contributed by atoms with Gasteiger partial charge in [0, 0.05) is 19.5 Å². The molecule has 0 aromatic carbocycles. The van der Waals surface area contributed by atoms with Crippen molar-refractivity contribution in [3.05, 3.63) is 0 Å². The van der Waals surface area contributed by atoms with Crippen LogP contribution in [0.5, 0.6) is 0 Å². The van der Waals surface area contributed by atoms with Crippen molar-refractivity contribution in [2.24, 2.45) is 0 Å². The van der Waals surface area contributed by atoms with Gasteiger partial charge in [-0.2, -0.15) is 0 Å². The molecule has 0 rings (SSSR count). The zero-order chi connectivity index (χ0) is 20.5. The first kappa shape index (κ1) is 25.7. The van der Waals surface area contributed by atoms with Gasteiger partial charge >= 0.3 is 12.1 Å². The molecule has 0 aliphatic rings. The number of hydrogen-bond acceptors (Lipinski definition) is 5. The Balaban J connectivity index is 4.27. The maximum atomic E-state index is 12.1. The molecule has 0 aliphatic carbocycles. The van der Waals surface area contributed by atoms with Crippen LogP contribution in [-0.2, 0) is 14.3 Å². The van der Waals surface area contributed by atoms with E-state index in [-0.39, 0.29) is 24.6 Å². The highest BCUT2D eigenvalue weighted by atomic mass is 16.6. The lowest BCUT2D eigenvalue weighted by Crippen LogP contribution is -2.35. The van der Waals surface area contributed by atoms with E-state index in [2.05, 4.69) is 24.1 Å². The molecule has 0 radical (unpaired) electrons. The predicted octanol–water partition coefficient (Wildman–Crippen LogP) is 4.52. The van der Waals surface area contributed by atoms with Crippen LogP contribution in [0.15, 0.2) is 0 Å². The molecule has 6 nitrogen and oxygen atoms in total. The van der Waals surface area contributed by atoms with Crippen molar-refractivity contribution in [3.8, 4) is 0 Å². The smallest absolute Gasteiger partial charge is 0.407 e. The Morgan fingerprint density at radius 2 is 1.63 bits per heavy atom. The number of unbranched alkanes of at least 4 members (excludes halogenated alkanes) is 5. The van der Waals surface area contributed by atoms with Gasteiger partial charge in [-0.3, -0.25) is 4.79 Å². The number of nitrogens with one attached hydrogen (secondary N) is 1. The SMILES string of the molecule is CCCCCCCC[C@@H](CCC(=O)OC(C)C)OC(=O)NCCN(C)CC. The first-order valence-corrected chi connectivity index (χ1v) is 10.7. The highest BCUT2D eigenvalue weighted by Gasteiger charge is 2.17. The van der Waals surface area contributed by atoms with E-state index in [1.165, 1.54) is 25.7 Å². The molecule has 0 bridgehead atoms. The third kappa shape index (κ3) is 16.6. The van der Waals surface area contributed by atoms with Crippen LogP contribution in [0.3, 0.4) is 0 Å². The Morgan fingerprint density at radius 3 is 2.26 bits per heavy atom. The number of carbonyl (C=O) groups excluding carboxylic acids is 2. The van der Waals surface area contributed by atoms with Crippen molar-refractivity contribution in [2.45, 2.75) is 97.7 Å². The van der Waals surface area contributed by atoms with Crippen molar-refractivity contribution in [1.82, 2.24) is 10.2 Å². The molecule has 0 saturated heterocycles. The first-order valence-electron chi connectivity index (χ1n) is 10.7. The highest BCUT2D eigenvalue weighted by Crippen LogP contribution is 2.15. The number of amides is 1. The molecule has 1 N–H and O–H groups in total. The van der Waals surface area contributed by atoms with Crippen LogP contribution in [0.25, 0.3) is 0 Å². The van der Waals surface area contributed by atoms with Gasteiger partial charge in [0.1, 0.15) is 6.10 Å². The molecule has 1 atom stereocenters. The molecule has 0 saturated carbocycles. The lowest BCUT2D eigenvalue weighted by atomic mass is 10.0. The summed E-state index contributed by atoms with van der Waals surface area (Å²) in [6.07, 6.45) is 7.98. The average molecular weight is 387 g/mol. The van der Waals surface area contributed by atoms with Crippen LogP contribution in [0.1, 0.15) is 85.5 Å². The highest BCUT2D eigenvalue weighted by molar-refractivity contribution is 5.70. The number of rotatable bonds is 16. The molecule has 0 aromatic heterocycles. The minimum absolute atomic E-state index is 0.116. The zero-order valence-corrected chi connectivity index (χ0v) is 18.2. The standard InChI is InChI=1S/C21H42N2O4/c1-6-8-9-10-11-12-13-19(14-15-20(24)26-18(3)4)27-21(25)22-16-17-23(5)7-2/h18-19H,6-17H2,1-5H3,(H,22,25)/t19-/m0/s1. The van der Waals surface area contributed by atoms with Crippen molar-refractivity contribution < 1.29 is 19.1 Å². The van der Waals surface area contributed by atoms with E-state index in [4.69, 9.17) is 9.47 Å². The minimum Gasteiger partial charge on any atom is -0.463 e. The van der Waals surface area contributed by atoms with Gasteiger partial charge < -0.3 is 19.7 Å². The van der Waals surface area contributed by atoms with E-state index in [1.54, 1.807) is 0 Å². The summed E-state index contributed by atoms with van der Waals surface area (Å²) in [6, 6.07) is 0. The molecule has 0 aliphatic heterocycles. The van der Waals surface area contributed by atoms with Crippen molar-refractivity contribution >= 4 is 12.1 Å². The Bertz CT molecular complexity index is 388. The molecule has 0 fully saturated rings. The van der Waals surface area contributed by atoms with Crippen LogP contribution >= 0.6 is 0 Å². The Labute approximate surface area is 166 Å². The fraction of sp³-hybridized carbons (Fsp3) is 0.905. The molecule has 0 spiro atoms. The number of nitrogens with zero attached hydrogens (tertiary/aromatic N) is 1. The quantitative estimate of drug-likeness (QED) is 0.312. The molecule has 0 unspecified atom stereocenters. The normalized spacial score (nSPS) is 12.3. The van der Waals surface area contributed by atoms with Crippen molar-refractivity contribution in [1.29, 1.82) is 0 Å². The molecule has 6 heteroatoms. The Hall–Kier alpha value is -1.30. The maximum absolute atomic E-state index is 12.1. The summed E-state index contributed by atoms with van der Waals surface area (Å²) in [4.78, 5) is 26.0. The molecule has 0 aromatic rings. The van der Waals surface area contributed by atoms with E-state index in [1.807, 2.05) is 20.9 Å². The summed E-state index contributed by atoms with van der Waals surface area (Å²) in [5.41, 5.74) is 0. The second-order valence-electron chi connectivity index (χ2n) is 7.48. The molecule has 27 heavy (non-hydrogen) atoms. The average Bonchev–Trinajstić information content (AvgIpc) is 2.61. The number of esters is 1. The van der Waals surface area contributed by atoms with Crippen molar-refractivity contribution in [3.63, 3.8) is 0 Å². The number of carbonyl (C=O) groups is 2. The zero-order valence-electron chi connectivity index (χ0n) is 18.2. The second kappa shape index (κ2) is 16.8. The van der Waals surface area contributed by atoms with Gasteiger partial charge in [-0.1, -0.05) is 46.0 Å². The number of likely N-dealkylation sites (N-methyl/N-ethyl adjacent to an activating group) is 1. The van der Waals surface area contributed by atoms with Crippen molar-refractivity contribution in [2.75, 3.05) is 26.7 Å². The third-order valence-corrected chi connectivity index (χ3v) is 4.49. The molecular formula is C21H42N2O4. The van der Waals surface area contributed by atoms with Crippen LogP contribution in [0.2, 0.25) is 0 Å². The predicted molar refractivity (Wildman–Crippen MR) is 110 cm³/mol. The summed E-state index contributed by atoms with van der Waals surface area (Å²) in [7, 11) is 2.01. The van der Waals surface area contributed by atoms with Gasteiger partial charge in [-0.05, 0) is 46.7 Å². The Kier molecular flexibility index (Phi) is 16.0. The van der Waals surface area contributed by atoms with E-state index in [0.717, 1.165) is 32.4 Å². The molecule has 0 heterocycles. The largest absolute Gasteiger partial charge is 0.463 e. The maximum Gasteiger partial charge on any atom is 0.407 e. The van der Waals surface area contributed by atoms with Gasteiger partial charge in [-0.15, -0.1) is 0 Å². The summed E-state index contributed by atoms with van der Waals surface area (Å²) < 4.78 is 10.8.